The molecule has 0 fully saturated rings. The summed E-state index contributed by atoms with van der Waals surface area (Å²) in [6.45, 7) is 10.7. The fourth-order valence-electron chi connectivity index (χ4n) is 4.52. The number of benzene rings is 2. The van der Waals surface area contributed by atoms with Crippen molar-refractivity contribution in [2.45, 2.75) is 71.4 Å². The predicted octanol–water partition coefficient (Wildman–Crippen LogP) is 5.23. The van der Waals surface area contributed by atoms with Gasteiger partial charge in [-0.15, -0.1) is 0 Å². The van der Waals surface area contributed by atoms with Crippen molar-refractivity contribution in [1.29, 1.82) is 0 Å². The maximum Gasteiger partial charge on any atom is 0.166 e. The van der Waals surface area contributed by atoms with Gasteiger partial charge in [0.15, 0.2) is 11.5 Å². The van der Waals surface area contributed by atoms with Crippen molar-refractivity contribution in [2.75, 3.05) is 0 Å². The molecule has 0 amide bonds. The first-order chi connectivity index (χ1) is 12.7. The van der Waals surface area contributed by atoms with E-state index >= 15 is 0 Å². The third-order valence-electron chi connectivity index (χ3n) is 5.53. The molecule has 4 rings (SSSR count). The van der Waals surface area contributed by atoms with Gasteiger partial charge in [0.25, 0.3) is 0 Å². The highest BCUT2D eigenvalue weighted by atomic mass is 16.5. The van der Waals surface area contributed by atoms with E-state index in [4.69, 9.17) is 9.73 Å². The number of rotatable bonds is 3. The van der Waals surface area contributed by atoms with E-state index in [-0.39, 0.29) is 11.1 Å². The fraction of sp³-hybridized carbons (Fsp3) is 0.458. The molecule has 3 heteroatoms. The quantitative estimate of drug-likeness (QED) is 0.811. The molecule has 0 atom stereocenters. The summed E-state index contributed by atoms with van der Waals surface area (Å²) in [5.74, 6) is 1.02. The summed E-state index contributed by atoms with van der Waals surface area (Å²) < 4.78 is 6.21. The van der Waals surface area contributed by atoms with E-state index in [2.05, 4.69) is 58.9 Å². The van der Waals surface area contributed by atoms with Crippen LogP contribution >= 0.6 is 0 Å². The third kappa shape index (κ3) is 3.03. The van der Waals surface area contributed by atoms with Gasteiger partial charge < -0.3 is 9.84 Å². The third-order valence-corrected chi connectivity index (χ3v) is 5.53. The minimum Gasteiger partial charge on any atom is -0.504 e. The zero-order valence-corrected chi connectivity index (χ0v) is 17.0. The number of nitrogens with zero attached hydrogens (tertiary/aromatic N) is 1. The lowest BCUT2D eigenvalue weighted by molar-refractivity contribution is 0.134. The molecule has 0 aromatic heterocycles. The molecule has 0 saturated heterocycles. The normalized spacial score (nSPS) is 19.1. The highest BCUT2D eigenvalue weighted by Crippen LogP contribution is 2.50. The van der Waals surface area contributed by atoms with Crippen molar-refractivity contribution < 1.29 is 9.84 Å². The molecular weight excluding hydrogens is 334 g/mol. The van der Waals surface area contributed by atoms with Gasteiger partial charge in [0.05, 0.1) is 11.3 Å². The number of hydrogen-bond acceptors (Lipinski definition) is 3. The number of phenolic OH excluding ortho intramolecular Hbond substituents is 1. The average Bonchev–Trinajstić information content (AvgIpc) is 2.93. The number of hydrogen-bond donors (Lipinski definition) is 1. The van der Waals surface area contributed by atoms with E-state index < -0.39 is 0 Å². The second-order valence-electron chi connectivity index (χ2n) is 9.09. The monoisotopic (exact) mass is 363 g/mol. The summed E-state index contributed by atoms with van der Waals surface area (Å²) in [5, 5.41) is 11.1. The lowest BCUT2D eigenvalue weighted by atomic mass is 9.78. The first-order valence-electron chi connectivity index (χ1n) is 9.96. The molecule has 0 unspecified atom stereocenters. The zero-order valence-electron chi connectivity index (χ0n) is 17.0. The highest BCUT2D eigenvalue weighted by Gasteiger charge is 2.41. The lowest BCUT2D eigenvalue weighted by Gasteiger charge is -2.32. The number of ether oxygens (including phenoxy) is 1. The van der Waals surface area contributed by atoms with Crippen molar-refractivity contribution in [3.8, 4) is 11.5 Å². The summed E-state index contributed by atoms with van der Waals surface area (Å²) in [6, 6.07) is 10.4. The van der Waals surface area contributed by atoms with Gasteiger partial charge in [-0.3, -0.25) is 4.99 Å². The van der Waals surface area contributed by atoms with E-state index in [1.807, 2.05) is 6.07 Å². The Hall–Kier alpha value is -2.29. The van der Waals surface area contributed by atoms with Crippen molar-refractivity contribution in [3.63, 3.8) is 0 Å². The first kappa shape index (κ1) is 18.1. The Morgan fingerprint density at radius 3 is 2.41 bits per heavy atom. The molecule has 2 aliphatic heterocycles. The summed E-state index contributed by atoms with van der Waals surface area (Å²) in [7, 11) is 0. The fourth-order valence-corrected chi connectivity index (χ4v) is 4.52. The summed E-state index contributed by atoms with van der Waals surface area (Å²) in [5.41, 5.74) is 6.27. The van der Waals surface area contributed by atoms with Crippen LogP contribution in [0.3, 0.4) is 0 Å². The first-order valence-corrected chi connectivity index (χ1v) is 9.96. The standard InChI is InChI=1S/C24H29NO2/c1-6-10-16-17-13-23(2,3)25-20(15-11-8-7-9-12-15)19(17)18-14-24(4,5)27-22(18)21(16)26/h7-9,11-12,26H,6,10,13-14H2,1-5H3. The van der Waals surface area contributed by atoms with Crippen molar-refractivity contribution in [1.82, 2.24) is 0 Å². The molecular formula is C24H29NO2. The van der Waals surface area contributed by atoms with Crippen LogP contribution in [0.25, 0.3) is 0 Å². The van der Waals surface area contributed by atoms with E-state index in [1.54, 1.807) is 0 Å². The van der Waals surface area contributed by atoms with E-state index in [1.165, 1.54) is 11.1 Å². The Balaban J connectivity index is 2.05. The summed E-state index contributed by atoms with van der Waals surface area (Å²) in [6.07, 6.45) is 3.47. The largest absolute Gasteiger partial charge is 0.504 e. The zero-order chi connectivity index (χ0) is 19.4. The van der Waals surface area contributed by atoms with Crippen LogP contribution in [0.4, 0.5) is 0 Å². The molecule has 0 saturated carbocycles. The lowest BCUT2D eigenvalue weighted by Crippen LogP contribution is -2.31. The van der Waals surface area contributed by atoms with E-state index in [0.717, 1.165) is 48.1 Å². The SMILES string of the molecule is CCCc1c(O)c2c(c3c1CC(C)(C)N=C3c1ccccc1)CC(C)(C)O2. The van der Waals surface area contributed by atoms with Crippen LogP contribution in [0, 0.1) is 0 Å². The second-order valence-corrected chi connectivity index (χ2v) is 9.09. The van der Waals surface area contributed by atoms with Crippen molar-refractivity contribution >= 4 is 5.71 Å². The van der Waals surface area contributed by atoms with Crippen LogP contribution < -0.4 is 4.74 Å². The number of phenols is 1. The average molecular weight is 364 g/mol. The van der Waals surface area contributed by atoms with Crippen LogP contribution in [-0.2, 0) is 19.3 Å². The minimum atomic E-state index is -0.312. The molecule has 2 aromatic rings. The van der Waals surface area contributed by atoms with Crippen LogP contribution in [0.2, 0.25) is 0 Å². The molecule has 1 N–H and O–H groups in total. The maximum atomic E-state index is 11.1. The van der Waals surface area contributed by atoms with Gasteiger partial charge >= 0.3 is 0 Å². The highest BCUT2D eigenvalue weighted by molar-refractivity contribution is 6.16. The maximum absolute atomic E-state index is 11.1. The Morgan fingerprint density at radius 2 is 1.74 bits per heavy atom. The minimum absolute atomic E-state index is 0.198. The molecule has 0 spiro atoms. The van der Waals surface area contributed by atoms with Crippen LogP contribution in [-0.4, -0.2) is 22.0 Å². The number of fused-ring (bicyclic) bond motifs is 3. The molecule has 3 nitrogen and oxygen atoms in total. The van der Waals surface area contributed by atoms with Gasteiger partial charge in [0.2, 0.25) is 0 Å². The van der Waals surface area contributed by atoms with E-state index in [0.29, 0.717) is 11.5 Å². The summed E-state index contributed by atoms with van der Waals surface area (Å²) in [4.78, 5) is 5.16. The van der Waals surface area contributed by atoms with Gasteiger partial charge in [-0.05, 0) is 46.1 Å². The molecule has 142 valence electrons. The predicted molar refractivity (Wildman–Crippen MR) is 110 cm³/mol. The van der Waals surface area contributed by atoms with Crippen molar-refractivity contribution in [3.05, 3.63) is 58.1 Å². The smallest absolute Gasteiger partial charge is 0.166 e. The molecule has 0 aliphatic carbocycles. The summed E-state index contributed by atoms with van der Waals surface area (Å²) >= 11 is 0. The Kier molecular flexibility index (Phi) is 4.10. The number of aliphatic imine (C=N–C) groups is 1. The van der Waals surface area contributed by atoms with Crippen LogP contribution in [0.15, 0.2) is 35.3 Å². The molecule has 2 heterocycles. The van der Waals surface area contributed by atoms with E-state index in [9.17, 15) is 5.11 Å². The number of aromatic hydroxyl groups is 1. The topological polar surface area (TPSA) is 41.8 Å². The molecule has 27 heavy (non-hydrogen) atoms. The van der Waals surface area contributed by atoms with Crippen LogP contribution in [0.5, 0.6) is 11.5 Å². The Labute approximate surface area is 162 Å². The Morgan fingerprint density at radius 1 is 1.04 bits per heavy atom. The molecule has 0 radical (unpaired) electrons. The van der Waals surface area contributed by atoms with Crippen molar-refractivity contribution in [2.24, 2.45) is 4.99 Å². The van der Waals surface area contributed by atoms with Gasteiger partial charge in [0.1, 0.15) is 5.60 Å². The Bertz CT molecular complexity index is 923. The van der Waals surface area contributed by atoms with Gasteiger partial charge in [0, 0.05) is 28.7 Å². The van der Waals surface area contributed by atoms with Gasteiger partial charge in [-0.25, -0.2) is 0 Å². The van der Waals surface area contributed by atoms with Crippen LogP contribution in [0.1, 0.15) is 68.9 Å². The van der Waals surface area contributed by atoms with Gasteiger partial charge in [-0.2, -0.15) is 0 Å². The van der Waals surface area contributed by atoms with Gasteiger partial charge in [-0.1, -0.05) is 43.7 Å². The molecule has 2 aliphatic rings. The molecule has 0 bridgehead atoms. The second kappa shape index (κ2) is 6.12. The molecule has 2 aromatic carbocycles.